The van der Waals surface area contributed by atoms with Crippen molar-refractivity contribution in [3.63, 3.8) is 0 Å². The molecule has 0 atom stereocenters. The van der Waals surface area contributed by atoms with E-state index in [4.69, 9.17) is 0 Å². The first-order chi connectivity index (χ1) is 10.4. The molecule has 2 rings (SSSR count). The van der Waals surface area contributed by atoms with Crippen molar-refractivity contribution < 1.29 is 13.2 Å². The minimum atomic E-state index is -3.29. The third-order valence-corrected chi connectivity index (χ3v) is 4.33. The molecule has 2 N–H and O–H groups in total. The fourth-order valence-corrected chi connectivity index (χ4v) is 2.63. The molecule has 0 spiro atoms. The van der Waals surface area contributed by atoms with E-state index in [0.717, 1.165) is 17.4 Å². The Morgan fingerprint density at radius 1 is 1.09 bits per heavy atom. The molecular formula is C16H18N2O3S. The SMILES string of the molecule is Cc1ccccc1CNC(=O)Nc1cccc(S(C)(=O)=O)c1. The van der Waals surface area contributed by atoms with Crippen LogP contribution in [-0.4, -0.2) is 20.7 Å². The number of carbonyl (C=O) groups excluding carboxylic acids is 1. The van der Waals surface area contributed by atoms with E-state index in [9.17, 15) is 13.2 Å². The van der Waals surface area contributed by atoms with Crippen LogP contribution < -0.4 is 10.6 Å². The van der Waals surface area contributed by atoms with Crippen LogP contribution in [0.2, 0.25) is 0 Å². The molecule has 6 heteroatoms. The van der Waals surface area contributed by atoms with Gasteiger partial charge in [0.1, 0.15) is 0 Å². The lowest BCUT2D eigenvalue weighted by Gasteiger charge is -2.10. The number of hydrogen-bond acceptors (Lipinski definition) is 3. The van der Waals surface area contributed by atoms with Crippen LogP contribution in [0.15, 0.2) is 53.4 Å². The second-order valence-corrected chi connectivity index (χ2v) is 7.05. The second kappa shape index (κ2) is 6.62. The molecule has 0 aromatic heterocycles. The first kappa shape index (κ1) is 16.0. The fourth-order valence-electron chi connectivity index (χ4n) is 1.96. The standard InChI is InChI=1S/C16H18N2O3S/c1-12-6-3-4-7-13(12)11-17-16(19)18-14-8-5-9-15(10-14)22(2,20)21/h3-10H,11H2,1-2H3,(H2,17,18,19). The van der Waals surface area contributed by atoms with Crippen LogP contribution in [0.1, 0.15) is 11.1 Å². The van der Waals surface area contributed by atoms with E-state index in [-0.39, 0.29) is 10.9 Å². The van der Waals surface area contributed by atoms with Gasteiger partial charge in [-0.2, -0.15) is 0 Å². The highest BCUT2D eigenvalue weighted by Gasteiger charge is 2.09. The Morgan fingerprint density at radius 3 is 2.50 bits per heavy atom. The maximum Gasteiger partial charge on any atom is 0.319 e. The number of urea groups is 1. The zero-order valence-electron chi connectivity index (χ0n) is 12.5. The topological polar surface area (TPSA) is 75.3 Å². The molecule has 0 heterocycles. The summed E-state index contributed by atoms with van der Waals surface area (Å²) in [4.78, 5) is 12.1. The van der Waals surface area contributed by atoms with Crippen LogP contribution in [0, 0.1) is 6.92 Å². The number of anilines is 1. The van der Waals surface area contributed by atoms with Gasteiger partial charge in [-0.3, -0.25) is 0 Å². The molecule has 0 aliphatic carbocycles. The molecule has 0 aliphatic rings. The van der Waals surface area contributed by atoms with Crippen LogP contribution in [0.3, 0.4) is 0 Å². The highest BCUT2D eigenvalue weighted by atomic mass is 32.2. The maximum absolute atomic E-state index is 11.9. The average Bonchev–Trinajstić information content (AvgIpc) is 2.46. The van der Waals surface area contributed by atoms with Gasteiger partial charge in [0.05, 0.1) is 4.90 Å². The summed E-state index contributed by atoms with van der Waals surface area (Å²) in [5.74, 6) is 0. The van der Waals surface area contributed by atoms with Gasteiger partial charge >= 0.3 is 6.03 Å². The quantitative estimate of drug-likeness (QED) is 0.910. The number of aryl methyl sites for hydroxylation is 1. The third-order valence-electron chi connectivity index (χ3n) is 3.22. The van der Waals surface area contributed by atoms with Gasteiger partial charge in [0.15, 0.2) is 9.84 Å². The zero-order chi connectivity index (χ0) is 16.2. The van der Waals surface area contributed by atoms with Crippen molar-refractivity contribution >= 4 is 21.6 Å². The Balaban J connectivity index is 2.00. The predicted octanol–water partition coefficient (Wildman–Crippen LogP) is 2.72. The van der Waals surface area contributed by atoms with Crippen molar-refractivity contribution in [1.29, 1.82) is 0 Å². The smallest absolute Gasteiger partial charge is 0.319 e. The summed E-state index contributed by atoms with van der Waals surface area (Å²) in [5.41, 5.74) is 2.56. The van der Waals surface area contributed by atoms with Gasteiger partial charge < -0.3 is 10.6 Å². The molecule has 0 aliphatic heterocycles. The minimum absolute atomic E-state index is 0.171. The minimum Gasteiger partial charge on any atom is -0.334 e. The number of benzene rings is 2. The van der Waals surface area contributed by atoms with Gasteiger partial charge in [-0.1, -0.05) is 30.3 Å². The lowest BCUT2D eigenvalue weighted by atomic mass is 10.1. The predicted molar refractivity (Wildman–Crippen MR) is 86.6 cm³/mol. The lowest BCUT2D eigenvalue weighted by Crippen LogP contribution is -2.28. The summed E-state index contributed by atoms with van der Waals surface area (Å²) in [6.45, 7) is 2.38. The normalized spacial score (nSPS) is 11.0. The van der Waals surface area contributed by atoms with Gasteiger partial charge in [0, 0.05) is 18.5 Å². The molecule has 2 aromatic rings. The van der Waals surface area contributed by atoms with E-state index in [1.54, 1.807) is 12.1 Å². The summed E-state index contributed by atoms with van der Waals surface area (Å²) in [7, 11) is -3.29. The van der Waals surface area contributed by atoms with Gasteiger partial charge in [0.25, 0.3) is 0 Å². The van der Waals surface area contributed by atoms with Gasteiger partial charge in [0.2, 0.25) is 0 Å². The molecule has 22 heavy (non-hydrogen) atoms. The Kier molecular flexibility index (Phi) is 4.82. The van der Waals surface area contributed by atoms with Gasteiger partial charge in [-0.15, -0.1) is 0 Å². The Morgan fingerprint density at radius 2 is 1.82 bits per heavy atom. The van der Waals surface area contributed by atoms with Crippen LogP contribution in [0.4, 0.5) is 10.5 Å². The molecule has 0 bridgehead atoms. The fraction of sp³-hybridized carbons (Fsp3) is 0.188. The number of hydrogen-bond donors (Lipinski definition) is 2. The molecule has 0 saturated heterocycles. The van der Waals surface area contributed by atoms with E-state index < -0.39 is 9.84 Å². The molecule has 116 valence electrons. The molecular weight excluding hydrogens is 300 g/mol. The van der Waals surface area contributed by atoms with Crippen molar-refractivity contribution in [1.82, 2.24) is 5.32 Å². The van der Waals surface area contributed by atoms with Crippen LogP contribution in [0.5, 0.6) is 0 Å². The van der Waals surface area contributed by atoms with E-state index in [0.29, 0.717) is 12.2 Å². The van der Waals surface area contributed by atoms with Crippen LogP contribution in [0.25, 0.3) is 0 Å². The molecule has 0 unspecified atom stereocenters. The van der Waals surface area contributed by atoms with Gasteiger partial charge in [-0.05, 0) is 36.2 Å². The molecule has 0 radical (unpaired) electrons. The van der Waals surface area contributed by atoms with E-state index in [1.165, 1.54) is 12.1 Å². The molecule has 5 nitrogen and oxygen atoms in total. The molecule has 2 aromatic carbocycles. The largest absolute Gasteiger partial charge is 0.334 e. The van der Waals surface area contributed by atoms with E-state index >= 15 is 0 Å². The number of amides is 2. The highest BCUT2D eigenvalue weighted by molar-refractivity contribution is 7.90. The molecule has 0 saturated carbocycles. The van der Waals surface area contributed by atoms with E-state index in [1.807, 2.05) is 31.2 Å². The first-order valence-corrected chi connectivity index (χ1v) is 8.65. The lowest BCUT2D eigenvalue weighted by molar-refractivity contribution is 0.251. The molecule has 2 amide bonds. The number of rotatable bonds is 4. The van der Waals surface area contributed by atoms with Crippen LogP contribution in [-0.2, 0) is 16.4 Å². The summed E-state index contributed by atoms with van der Waals surface area (Å²) in [6, 6.07) is 13.6. The maximum atomic E-state index is 11.9. The zero-order valence-corrected chi connectivity index (χ0v) is 13.3. The third kappa shape index (κ3) is 4.33. The Hall–Kier alpha value is -2.34. The van der Waals surface area contributed by atoms with Crippen molar-refractivity contribution in [3.05, 3.63) is 59.7 Å². The number of nitrogens with one attached hydrogen (secondary N) is 2. The summed E-state index contributed by atoms with van der Waals surface area (Å²) < 4.78 is 23.0. The monoisotopic (exact) mass is 318 g/mol. The summed E-state index contributed by atoms with van der Waals surface area (Å²) in [6.07, 6.45) is 1.13. The first-order valence-electron chi connectivity index (χ1n) is 6.76. The van der Waals surface area contributed by atoms with Gasteiger partial charge in [-0.25, -0.2) is 13.2 Å². The number of sulfone groups is 1. The van der Waals surface area contributed by atoms with Crippen molar-refractivity contribution in [2.45, 2.75) is 18.4 Å². The van der Waals surface area contributed by atoms with Crippen molar-refractivity contribution in [2.75, 3.05) is 11.6 Å². The Labute approximate surface area is 130 Å². The summed E-state index contributed by atoms with van der Waals surface area (Å²) >= 11 is 0. The number of carbonyl (C=O) groups is 1. The van der Waals surface area contributed by atoms with Crippen molar-refractivity contribution in [2.24, 2.45) is 0 Å². The molecule has 0 fully saturated rings. The Bertz CT molecular complexity index is 785. The second-order valence-electron chi connectivity index (χ2n) is 5.03. The van der Waals surface area contributed by atoms with E-state index in [2.05, 4.69) is 10.6 Å². The average molecular weight is 318 g/mol. The summed E-state index contributed by atoms with van der Waals surface area (Å²) in [5, 5.41) is 5.38. The highest BCUT2D eigenvalue weighted by Crippen LogP contribution is 2.15. The van der Waals surface area contributed by atoms with Crippen molar-refractivity contribution in [3.8, 4) is 0 Å². The van der Waals surface area contributed by atoms with Crippen LogP contribution >= 0.6 is 0 Å².